The molecule has 3 amide bonds. The zero-order valence-corrected chi connectivity index (χ0v) is 21.2. The number of carbonyl (C=O) groups is 2. The Morgan fingerprint density at radius 1 is 0.973 bits per heavy atom. The molecule has 0 aliphatic rings. The molecule has 0 saturated carbocycles. The number of aromatic nitrogens is 4. The second kappa shape index (κ2) is 10.5. The predicted molar refractivity (Wildman–Crippen MR) is 144 cm³/mol. The van der Waals surface area contributed by atoms with E-state index in [1.807, 2.05) is 76.2 Å². The molecule has 0 aliphatic carbocycles. The third-order valence-electron chi connectivity index (χ3n) is 5.56. The summed E-state index contributed by atoms with van der Waals surface area (Å²) in [4.78, 5) is 32.8. The maximum atomic E-state index is 13.0. The molecule has 5 N–H and O–H groups in total. The zero-order chi connectivity index (χ0) is 26.6. The average molecular weight is 499 g/mol. The van der Waals surface area contributed by atoms with Gasteiger partial charge in [0, 0.05) is 35.2 Å². The number of rotatable bonds is 7. The van der Waals surface area contributed by atoms with E-state index in [0.717, 1.165) is 22.5 Å². The van der Waals surface area contributed by atoms with E-state index in [1.54, 1.807) is 23.1 Å². The fraction of sp³-hybridized carbons (Fsp3) is 0.222. The SMILES string of the molecule is Cc1ccc(NC(=O)Nc2cc(C(C)(C)C)nn2-c2cccc(CC(N)=O)c2)cc1Nc1ncccn1. The minimum atomic E-state index is -0.430. The minimum absolute atomic E-state index is 0.113. The summed E-state index contributed by atoms with van der Waals surface area (Å²) in [5, 5.41) is 13.7. The fourth-order valence-electron chi connectivity index (χ4n) is 3.63. The van der Waals surface area contributed by atoms with Gasteiger partial charge in [0.1, 0.15) is 5.82 Å². The highest BCUT2D eigenvalue weighted by atomic mass is 16.2. The Hall–Kier alpha value is -4.73. The maximum Gasteiger partial charge on any atom is 0.324 e. The first-order chi connectivity index (χ1) is 17.6. The standard InChI is InChI=1S/C27H30N8O2/c1-17-9-10-19(15-21(17)32-25-29-11-6-12-30-25)31-26(37)33-24-16-22(27(2,3)4)34-35(24)20-8-5-7-18(13-20)14-23(28)36/h5-13,15-16H,14H2,1-4H3,(H2,28,36)(H,29,30,32)(H2,31,33,37). The molecule has 0 fully saturated rings. The molecular formula is C27H30N8O2. The lowest BCUT2D eigenvalue weighted by Gasteiger charge is -2.14. The lowest BCUT2D eigenvalue weighted by Crippen LogP contribution is -2.21. The Labute approximate surface area is 215 Å². The van der Waals surface area contributed by atoms with Crippen molar-refractivity contribution in [3.63, 3.8) is 0 Å². The molecule has 4 aromatic rings. The predicted octanol–water partition coefficient (Wildman–Crippen LogP) is 4.68. The van der Waals surface area contributed by atoms with Crippen molar-refractivity contribution < 1.29 is 9.59 Å². The second-order valence-corrected chi connectivity index (χ2v) is 9.70. The van der Waals surface area contributed by atoms with Crippen LogP contribution in [-0.2, 0) is 16.6 Å². The molecule has 2 aromatic carbocycles. The maximum absolute atomic E-state index is 13.0. The summed E-state index contributed by atoms with van der Waals surface area (Å²) < 4.78 is 1.65. The Balaban J connectivity index is 1.58. The number of hydrogen-bond acceptors (Lipinski definition) is 6. The van der Waals surface area contributed by atoms with Crippen LogP contribution in [-0.4, -0.2) is 31.7 Å². The summed E-state index contributed by atoms with van der Waals surface area (Å²) in [6, 6.07) is 16.0. The van der Waals surface area contributed by atoms with Gasteiger partial charge < -0.3 is 16.4 Å². The van der Waals surface area contributed by atoms with E-state index >= 15 is 0 Å². The van der Waals surface area contributed by atoms with Gasteiger partial charge in [-0.1, -0.05) is 39.0 Å². The van der Waals surface area contributed by atoms with E-state index in [0.29, 0.717) is 23.1 Å². The third kappa shape index (κ3) is 6.49. The van der Waals surface area contributed by atoms with Crippen molar-refractivity contribution in [3.8, 4) is 5.69 Å². The molecule has 4 rings (SSSR count). The Morgan fingerprint density at radius 3 is 2.43 bits per heavy atom. The summed E-state index contributed by atoms with van der Waals surface area (Å²) in [5.41, 5.74) is 9.72. The van der Waals surface area contributed by atoms with E-state index in [2.05, 4.69) is 25.9 Å². The molecule has 0 radical (unpaired) electrons. The molecule has 0 spiro atoms. The van der Waals surface area contributed by atoms with E-state index in [1.165, 1.54) is 0 Å². The number of carbonyl (C=O) groups excluding carboxylic acids is 2. The van der Waals surface area contributed by atoms with E-state index < -0.39 is 11.9 Å². The highest BCUT2D eigenvalue weighted by Crippen LogP contribution is 2.27. The van der Waals surface area contributed by atoms with Gasteiger partial charge in [0.25, 0.3) is 0 Å². The monoisotopic (exact) mass is 498 g/mol. The lowest BCUT2D eigenvalue weighted by molar-refractivity contribution is -0.117. The van der Waals surface area contributed by atoms with Crippen molar-refractivity contribution in [3.05, 3.63) is 83.8 Å². The number of nitrogens with two attached hydrogens (primary N) is 1. The molecule has 0 aliphatic heterocycles. The van der Waals surface area contributed by atoms with E-state index in [4.69, 9.17) is 10.8 Å². The van der Waals surface area contributed by atoms with Gasteiger partial charge in [-0.05, 0) is 48.4 Å². The Morgan fingerprint density at radius 2 is 1.73 bits per heavy atom. The number of amides is 3. The van der Waals surface area contributed by atoms with Crippen molar-refractivity contribution in [2.75, 3.05) is 16.0 Å². The molecule has 2 aromatic heterocycles. The quantitative estimate of drug-likeness (QED) is 0.292. The first kappa shape index (κ1) is 25.4. The summed E-state index contributed by atoms with van der Waals surface area (Å²) in [7, 11) is 0. The molecule has 0 unspecified atom stereocenters. The zero-order valence-electron chi connectivity index (χ0n) is 21.2. The van der Waals surface area contributed by atoms with Crippen molar-refractivity contribution in [2.45, 2.75) is 39.5 Å². The highest BCUT2D eigenvalue weighted by molar-refractivity contribution is 5.99. The second-order valence-electron chi connectivity index (χ2n) is 9.70. The van der Waals surface area contributed by atoms with Gasteiger partial charge >= 0.3 is 6.03 Å². The number of hydrogen-bond donors (Lipinski definition) is 4. The number of nitrogens with zero attached hydrogens (tertiary/aromatic N) is 4. The van der Waals surface area contributed by atoms with Crippen LogP contribution in [0.3, 0.4) is 0 Å². The summed E-state index contributed by atoms with van der Waals surface area (Å²) in [6.45, 7) is 8.09. The van der Waals surface area contributed by atoms with Crippen molar-refractivity contribution in [1.82, 2.24) is 19.7 Å². The van der Waals surface area contributed by atoms with Crippen molar-refractivity contribution >= 4 is 35.1 Å². The van der Waals surface area contributed by atoms with E-state index in [9.17, 15) is 9.59 Å². The van der Waals surface area contributed by atoms with Crippen molar-refractivity contribution in [2.24, 2.45) is 5.73 Å². The molecule has 0 saturated heterocycles. The van der Waals surface area contributed by atoms with Gasteiger partial charge in [0.15, 0.2) is 0 Å². The largest absolute Gasteiger partial charge is 0.369 e. The molecule has 10 nitrogen and oxygen atoms in total. The van der Waals surface area contributed by atoms with Crippen LogP contribution in [0, 0.1) is 6.92 Å². The summed E-state index contributed by atoms with van der Waals surface area (Å²) >= 11 is 0. The van der Waals surface area contributed by atoms with Gasteiger partial charge in [-0.15, -0.1) is 0 Å². The molecule has 10 heteroatoms. The molecule has 37 heavy (non-hydrogen) atoms. The number of urea groups is 1. The number of nitrogens with one attached hydrogen (secondary N) is 3. The molecule has 0 atom stereocenters. The van der Waals surface area contributed by atoms with Crippen LogP contribution in [0.2, 0.25) is 0 Å². The topological polar surface area (TPSA) is 140 Å². The smallest absolute Gasteiger partial charge is 0.324 e. The van der Waals surface area contributed by atoms with Crippen LogP contribution in [0.15, 0.2) is 67.0 Å². The first-order valence-electron chi connectivity index (χ1n) is 11.8. The van der Waals surface area contributed by atoms with Gasteiger partial charge in [-0.2, -0.15) is 5.10 Å². The van der Waals surface area contributed by atoms with Crippen LogP contribution in [0.4, 0.5) is 27.9 Å². The van der Waals surface area contributed by atoms with Crippen LogP contribution in [0.1, 0.15) is 37.6 Å². The van der Waals surface area contributed by atoms with Gasteiger partial charge in [-0.25, -0.2) is 19.4 Å². The average Bonchev–Trinajstić information content (AvgIpc) is 3.26. The number of benzene rings is 2. The van der Waals surface area contributed by atoms with Crippen LogP contribution < -0.4 is 21.7 Å². The number of primary amides is 1. The fourth-order valence-corrected chi connectivity index (χ4v) is 3.63. The number of anilines is 4. The molecule has 2 heterocycles. The summed E-state index contributed by atoms with van der Waals surface area (Å²) in [5.74, 6) is 0.530. The normalized spacial score (nSPS) is 11.1. The van der Waals surface area contributed by atoms with E-state index in [-0.39, 0.29) is 11.8 Å². The molecule has 190 valence electrons. The van der Waals surface area contributed by atoms with Gasteiger partial charge in [0.05, 0.1) is 17.8 Å². The van der Waals surface area contributed by atoms with Gasteiger partial charge in [-0.3, -0.25) is 10.1 Å². The number of aryl methyl sites for hydroxylation is 1. The Kier molecular flexibility index (Phi) is 7.19. The van der Waals surface area contributed by atoms with Gasteiger partial charge in [0.2, 0.25) is 11.9 Å². The van der Waals surface area contributed by atoms with Crippen molar-refractivity contribution in [1.29, 1.82) is 0 Å². The lowest BCUT2D eigenvalue weighted by atomic mass is 9.92. The van der Waals surface area contributed by atoms with Crippen LogP contribution in [0.25, 0.3) is 5.69 Å². The van der Waals surface area contributed by atoms with Crippen LogP contribution >= 0.6 is 0 Å². The third-order valence-corrected chi connectivity index (χ3v) is 5.56. The van der Waals surface area contributed by atoms with Crippen LogP contribution in [0.5, 0.6) is 0 Å². The first-order valence-corrected chi connectivity index (χ1v) is 11.8. The molecular weight excluding hydrogens is 468 g/mol. The Bertz CT molecular complexity index is 1420. The highest BCUT2D eigenvalue weighted by Gasteiger charge is 2.22. The summed E-state index contributed by atoms with van der Waals surface area (Å²) in [6.07, 6.45) is 3.42. The minimum Gasteiger partial charge on any atom is -0.369 e. The molecule has 0 bridgehead atoms.